The van der Waals surface area contributed by atoms with Gasteiger partial charge in [-0.15, -0.1) is 0 Å². The molecule has 0 saturated heterocycles. The highest BCUT2D eigenvalue weighted by Gasteiger charge is 2.20. The molecule has 2 aromatic carbocycles. The van der Waals surface area contributed by atoms with E-state index in [0.717, 1.165) is 20.9 Å². The van der Waals surface area contributed by atoms with Crippen molar-refractivity contribution in [2.45, 2.75) is 42.9 Å². The van der Waals surface area contributed by atoms with E-state index in [1.807, 2.05) is 31.2 Å². The van der Waals surface area contributed by atoms with Gasteiger partial charge in [0.2, 0.25) is 0 Å². The lowest BCUT2D eigenvalue weighted by atomic mass is 9.86. The monoisotopic (exact) mass is 340 g/mol. The summed E-state index contributed by atoms with van der Waals surface area (Å²) in [5.74, 6) is 0.339. The minimum atomic E-state index is -0.114. The van der Waals surface area contributed by atoms with Crippen molar-refractivity contribution >= 4 is 35.0 Å². The van der Waals surface area contributed by atoms with Crippen LogP contribution in [0.4, 0.5) is 0 Å². The zero-order chi connectivity index (χ0) is 15.8. The van der Waals surface area contributed by atoms with Gasteiger partial charge in [-0.1, -0.05) is 55.7 Å². The topological polar surface area (TPSA) is 20.2 Å². The van der Waals surface area contributed by atoms with Gasteiger partial charge < -0.3 is 5.11 Å². The van der Waals surface area contributed by atoms with Crippen molar-refractivity contribution < 1.29 is 5.11 Å². The SMILES string of the molecule is Cc1cc(O)c(C(C)(C)C)cc1Sc1ccc(Cl)cc1Cl. The smallest absolute Gasteiger partial charge is 0.119 e. The molecule has 0 radical (unpaired) electrons. The van der Waals surface area contributed by atoms with Gasteiger partial charge in [0.15, 0.2) is 0 Å². The van der Waals surface area contributed by atoms with Crippen molar-refractivity contribution in [1.29, 1.82) is 0 Å². The van der Waals surface area contributed by atoms with E-state index in [0.29, 0.717) is 15.8 Å². The van der Waals surface area contributed by atoms with Crippen LogP contribution in [-0.4, -0.2) is 5.11 Å². The van der Waals surface area contributed by atoms with Crippen LogP contribution in [0.25, 0.3) is 0 Å². The Morgan fingerprint density at radius 3 is 2.24 bits per heavy atom. The van der Waals surface area contributed by atoms with Gasteiger partial charge in [0, 0.05) is 20.4 Å². The predicted octanol–water partition coefficient (Wildman–Crippen LogP) is 6.46. The van der Waals surface area contributed by atoms with E-state index in [-0.39, 0.29) is 5.41 Å². The van der Waals surface area contributed by atoms with Crippen LogP contribution in [0.2, 0.25) is 10.0 Å². The zero-order valence-electron chi connectivity index (χ0n) is 12.5. The molecule has 4 heteroatoms. The molecule has 0 atom stereocenters. The molecule has 112 valence electrons. The van der Waals surface area contributed by atoms with Gasteiger partial charge in [0.05, 0.1) is 5.02 Å². The average molecular weight is 341 g/mol. The summed E-state index contributed by atoms with van der Waals surface area (Å²) in [4.78, 5) is 2.04. The number of benzene rings is 2. The van der Waals surface area contributed by atoms with Crippen molar-refractivity contribution in [1.82, 2.24) is 0 Å². The lowest BCUT2D eigenvalue weighted by molar-refractivity contribution is 0.445. The van der Waals surface area contributed by atoms with Crippen molar-refractivity contribution in [3.63, 3.8) is 0 Å². The Balaban J connectivity index is 2.44. The molecule has 0 aliphatic carbocycles. The minimum Gasteiger partial charge on any atom is -0.508 e. The molecular weight excluding hydrogens is 323 g/mol. The van der Waals surface area contributed by atoms with E-state index in [2.05, 4.69) is 20.8 Å². The Kier molecular flexibility index (Phi) is 4.82. The van der Waals surface area contributed by atoms with Crippen LogP contribution in [0.15, 0.2) is 40.1 Å². The van der Waals surface area contributed by atoms with Crippen LogP contribution in [0.3, 0.4) is 0 Å². The van der Waals surface area contributed by atoms with Gasteiger partial charge in [-0.25, -0.2) is 0 Å². The molecule has 0 unspecified atom stereocenters. The summed E-state index contributed by atoms with van der Waals surface area (Å²) in [6.07, 6.45) is 0. The highest BCUT2D eigenvalue weighted by Crippen LogP contribution is 2.41. The predicted molar refractivity (Wildman–Crippen MR) is 92.1 cm³/mol. The molecule has 21 heavy (non-hydrogen) atoms. The fraction of sp³-hybridized carbons (Fsp3) is 0.294. The normalized spacial score (nSPS) is 11.7. The molecule has 0 aromatic heterocycles. The molecule has 0 heterocycles. The molecule has 0 amide bonds. The first-order valence-electron chi connectivity index (χ1n) is 6.65. The highest BCUT2D eigenvalue weighted by atomic mass is 35.5. The summed E-state index contributed by atoms with van der Waals surface area (Å²) in [5.41, 5.74) is 1.84. The van der Waals surface area contributed by atoms with E-state index < -0.39 is 0 Å². The Morgan fingerprint density at radius 1 is 1.00 bits per heavy atom. The van der Waals surface area contributed by atoms with Gasteiger partial charge in [0.1, 0.15) is 5.75 Å². The molecule has 0 spiro atoms. The second-order valence-corrected chi connectivity index (χ2v) is 7.99. The number of hydrogen-bond acceptors (Lipinski definition) is 2. The van der Waals surface area contributed by atoms with Gasteiger partial charge >= 0.3 is 0 Å². The van der Waals surface area contributed by atoms with Gasteiger partial charge in [0.25, 0.3) is 0 Å². The van der Waals surface area contributed by atoms with Crippen molar-refractivity contribution in [2.75, 3.05) is 0 Å². The summed E-state index contributed by atoms with van der Waals surface area (Å²) in [5, 5.41) is 11.4. The van der Waals surface area contributed by atoms with Crippen molar-refractivity contribution in [2.24, 2.45) is 0 Å². The maximum atomic E-state index is 10.2. The lowest BCUT2D eigenvalue weighted by Crippen LogP contribution is -2.11. The van der Waals surface area contributed by atoms with Gasteiger partial charge in [-0.05, 0) is 48.2 Å². The number of hydrogen-bond donors (Lipinski definition) is 1. The lowest BCUT2D eigenvalue weighted by Gasteiger charge is -2.22. The van der Waals surface area contributed by atoms with Crippen LogP contribution < -0.4 is 0 Å². The third-order valence-corrected chi connectivity index (χ3v) is 5.11. The summed E-state index contributed by atoms with van der Waals surface area (Å²) in [7, 11) is 0. The van der Waals surface area contributed by atoms with E-state index in [1.54, 1.807) is 17.8 Å². The molecule has 2 rings (SSSR count). The third-order valence-electron chi connectivity index (χ3n) is 3.22. The van der Waals surface area contributed by atoms with E-state index in [1.165, 1.54) is 0 Å². The molecule has 0 fully saturated rings. The van der Waals surface area contributed by atoms with Crippen LogP contribution in [-0.2, 0) is 5.41 Å². The summed E-state index contributed by atoms with van der Waals surface area (Å²) in [6.45, 7) is 8.24. The second kappa shape index (κ2) is 6.12. The first kappa shape index (κ1) is 16.5. The Bertz CT molecular complexity index is 675. The number of aryl methyl sites for hydroxylation is 1. The van der Waals surface area contributed by atoms with Crippen molar-refractivity contribution in [3.8, 4) is 5.75 Å². The van der Waals surface area contributed by atoms with E-state index in [4.69, 9.17) is 23.2 Å². The number of halogens is 2. The highest BCUT2D eigenvalue weighted by molar-refractivity contribution is 7.99. The van der Waals surface area contributed by atoms with Crippen LogP contribution in [0.5, 0.6) is 5.75 Å². The van der Waals surface area contributed by atoms with E-state index in [9.17, 15) is 5.11 Å². The first-order valence-corrected chi connectivity index (χ1v) is 8.22. The number of aromatic hydroxyl groups is 1. The quantitative estimate of drug-likeness (QED) is 0.677. The molecule has 0 aliphatic rings. The number of phenols is 1. The minimum absolute atomic E-state index is 0.114. The van der Waals surface area contributed by atoms with Gasteiger partial charge in [-0.3, -0.25) is 0 Å². The molecule has 0 bridgehead atoms. The zero-order valence-corrected chi connectivity index (χ0v) is 14.8. The maximum absolute atomic E-state index is 10.2. The number of phenolic OH excluding ortho intramolecular Hbond substituents is 1. The first-order chi connectivity index (χ1) is 9.68. The Labute approximate surface area is 140 Å². The molecule has 0 saturated carbocycles. The summed E-state index contributed by atoms with van der Waals surface area (Å²) < 4.78 is 0. The van der Waals surface area contributed by atoms with Gasteiger partial charge in [-0.2, -0.15) is 0 Å². The Hall–Kier alpha value is -0.830. The maximum Gasteiger partial charge on any atom is 0.119 e. The fourth-order valence-corrected chi connectivity index (χ4v) is 3.51. The molecule has 2 aromatic rings. The molecule has 0 aliphatic heterocycles. The standard InChI is InChI=1S/C17H18Cl2OS/c1-10-7-14(20)12(17(2,3)4)9-16(10)21-15-6-5-11(18)8-13(15)19/h5-9,20H,1-4H3. The van der Waals surface area contributed by atoms with Crippen LogP contribution in [0, 0.1) is 6.92 Å². The van der Waals surface area contributed by atoms with Crippen LogP contribution >= 0.6 is 35.0 Å². The average Bonchev–Trinajstić information content (AvgIpc) is 2.33. The third kappa shape index (κ3) is 3.88. The molecule has 1 N–H and O–H groups in total. The Morgan fingerprint density at radius 2 is 1.67 bits per heavy atom. The molecule has 1 nitrogen and oxygen atoms in total. The van der Waals surface area contributed by atoms with E-state index >= 15 is 0 Å². The summed E-state index contributed by atoms with van der Waals surface area (Å²) >= 11 is 13.8. The van der Waals surface area contributed by atoms with Crippen molar-refractivity contribution in [3.05, 3.63) is 51.5 Å². The largest absolute Gasteiger partial charge is 0.508 e. The second-order valence-electron chi connectivity index (χ2n) is 6.06. The molecular formula is C17H18Cl2OS. The fourth-order valence-electron chi connectivity index (χ4n) is 2.06. The summed E-state index contributed by atoms with van der Waals surface area (Å²) in [6, 6.07) is 9.34. The number of rotatable bonds is 2. The van der Waals surface area contributed by atoms with Crippen LogP contribution in [0.1, 0.15) is 31.9 Å².